The third kappa shape index (κ3) is 12.6. The summed E-state index contributed by atoms with van der Waals surface area (Å²) in [6.07, 6.45) is 2.88. The first-order valence-electron chi connectivity index (χ1n) is 28.5. The fraction of sp³-hybridized carbons (Fsp3) is 0.381. The Kier molecular flexibility index (Phi) is 19.0. The van der Waals surface area contributed by atoms with Crippen molar-refractivity contribution in [3.8, 4) is 17.2 Å². The van der Waals surface area contributed by atoms with Gasteiger partial charge in [-0.25, -0.2) is 45.1 Å². The summed E-state index contributed by atoms with van der Waals surface area (Å²) in [5.41, 5.74) is -3.70. The SMILES string of the molecule is C.CCOC(=O)c1cn2c(c(OCc3ccccc3)c1=O)C(=O)N1[C@@H](C2)[C@H]2C[C@@H]1C(F)(F)C2.CCOC(=O)c1occ(C(=O)OCC)c(=O)c1OCc1ccccc1.O=C(NCc1c(F)cc(F)cc1F)c1cn2c(c(O)c1=O)C(=O)N1[C@@H](C2)[C@H]2C[C@@H]1C(F)(F)C2. The number of pyridine rings is 2. The van der Waals surface area contributed by atoms with Crippen LogP contribution in [0.3, 0.4) is 0 Å². The highest BCUT2D eigenvalue weighted by Crippen LogP contribution is 2.54. The van der Waals surface area contributed by atoms with E-state index in [9.17, 15) is 79.0 Å². The summed E-state index contributed by atoms with van der Waals surface area (Å²) in [6, 6.07) is 15.4. The van der Waals surface area contributed by atoms with Gasteiger partial charge in [0, 0.05) is 62.6 Å². The monoisotopic (exact) mass is 1280 g/mol. The van der Waals surface area contributed by atoms with E-state index in [0.29, 0.717) is 12.1 Å². The van der Waals surface area contributed by atoms with Crippen LogP contribution in [0.5, 0.6) is 17.2 Å². The summed E-state index contributed by atoms with van der Waals surface area (Å²) in [4.78, 5) is 116. The lowest BCUT2D eigenvalue weighted by atomic mass is 9.94. The van der Waals surface area contributed by atoms with Crippen molar-refractivity contribution in [2.75, 3.05) is 19.8 Å². The molecule has 4 bridgehead atoms. The van der Waals surface area contributed by atoms with Crippen LogP contribution < -0.4 is 31.1 Å². The number of nitrogens with one attached hydrogen (secondary N) is 1. The number of amides is 3. The number of esters is 3. The number of alkyl halides is 4. The number of aromatic nitrogens is 2. The van der Waals surface area contributed by atoms with Crippen LogP contribution in [-0.4, -0.2) is 116 Å². The molecule has 3 aromatic carbocycles. The summed E-state index contributed by atoms with van der Waals surface area (Å²) in [7, 11) is 0. The summed E-state index contributed by atoms with van der Waals surface area (Å²) >= 11 is 0. The highest BCUT2D eigenvalue weighted by Gasteiger charge is 2.65. The van der Waals surface area contributed by atoms with Crippen molar-refractivity contribution in [1.82, 2.24) is 24.3 Å². The summed E-state index contributed by atoms with van der Waals surface area (Å²) in [5, 5.41) is 12.5. The molecule has 0 spiro atoms. The number of fused-ring (bicyclic) bond motifs is 12. The lowest BCUT2D eigenvalue weighted by Crippen LogP contribution is -2.58. The molecule has 3 aromatic heterocycles. The highest BCUT2D eigenvalue weighted by atomic mass is 19.3. The Morgan fingerprint density at radius 1 is 0.615 bits per heavy atom. The van der Waals surface area contributed by atoms with Gasteiger partial charge >= 0.3 is 17.9 Å². The minimum absolute atomic E-state index is 0. The molecule has 4 aliphatic heterocycles. The molecule has 28 heteroatoms. The maximum Gasteiger partial charge on any atom is 0.378 e. The zero-order valence-corrected chi connectivity index (χ0v) is 48.1. The van der Waals surface area contributed by atoms with Crippen LogP contribution in [0.2, 0.25) is 0 Å². The Bertz CT molecular complexity index is 4010. The van der Waals surface area contributed by atoms with E-state index in [1.165, 1.54) is 20.2 Å². The van der Waals surface area contributed by atoms with Gasteiger partial charge < -0.3 is 57.5 Å². The first-order valence-corrected chi connectivity index (χ1v) is 28.5. The zero-order valence-electron chi connectivity index (χ0n) is 48.1. The molecule has 2 saturated carbocycles. The van der Waals surface area contributed by atoms with E-state index in [4.69, 9.17) is 28.1 Å². The number of carbonyl (C=O) groups excluding carboxylic acids is 6. The average Bonchev–Trinajstić information content (AvgIpc) is 1.61. The molecule has 91 heavy (non-hydrogen) atoms. The Labute approximate surface area is 512 Å². The number of rotatable bonds is 15. The maximum atomic E-state index is 14.4. The number of piperidine rings is 2. The predicted molar refractivity (Wildman–Crippen MR) is 305 cm³/mol. The highest BCUT2D eigenvalue weighted by molar-refractivity contribution is 6.00. The largest absolute Gasteiger partial charge is 0.503 e. The molecule has 7 heterocycles. The van der Waals surface area contributed by atoms with Gasteiger partial charge in [0.25, 0.3) is 35.3 Å². The molecule has 6 aliphatic rings. The zero-order chi connectivity index (χ0) is 64.7. The van der Waals surface area contributed by atoms with Crippen molar-refractivity contribution in [3.05, 3.63) is 190 Å². The quantitative estimate of drug-likeness (QED) is 0.0557. The van der Waals surface area contributed by atoms with Crippen molar-refractivity contribution in [1.29, 1.82) is 0 Å². The fourth-order valence-corrected chi connectivity index (χ4v) is 12.3. The minimum atomic E-state index is -3.06. The minimum Gasteiger partial charge on any atom is -0.503 e. The summed E-state index contributed by atoms with van der Waals surface area (Å²) < 4.78 is 131. The molecule has 4 fully saturated rings. The van der Waals surface area contributed by atoms with Gasteiger partial charge in [-0.15, -0.1) is 0 Å². The molecular formula is C63H60F7N5O16. The van der Waals surface area contributed by atoms with Gasteiger partial charge in [0.2, 0.25) is 22.0 Å². The Balaban J connectivity index is 0.000000163. The topological polar surface area (TPSA) is 262 Å². The van der Waals surface area contributed by atoms with E-state index in [2.05, 4.69) is 5.32 Å². The Hall–Kier alpha value is -9.76. The van der Waals surface area contributed by atoms with Crippen molar-refractivity contribution >= 4 is 35.6 Å². The molecule has 2 saturated heterocycles. The third-order valence-corrected chi connectivity index (χ3v) is 16.3. The number of ether oxygens (including phenoxy) is 5. The normalized spacial score (nSPS) is 20.4. The molecule has 0 radical (unpaired) electrons. The van der Waals surface area contributed by atoms with E-state index in [-0.39, 0.29) is 113 Å². The smallest absolute Gasteiger partial charge is 0.378 e. The maximum absolute atomic E-state index is 14.4. The van der Waals surface area contributed by atoms with Crippen LogP contribution >= 0.6 is 0 Å². The standard InChI is InChI=1S/C23H22F2N2O5.C21H16F5N3O4.C18H18O7.CH4/c1-2-31-22(30)15-10-26-11-16-14-8-17(23(24,25)9-14)27(16)21(29)18(26)20(19(15)28)32-12-13-6-4-3-5-7-13;22-9-2-12(23)10(13(24)3-9)5-27-19(32)11-6-28-7-14-8-1-15(21(25,26)4-8)29(14)20(33)16(28)18(31)17(11)30;1-3-22-17(20)13-11-25-16(18(21)23-4-2)15(14(13)19)24-10-12-8-6-5-7-9-12;/h3-7,10,14,16-17H,2,8-9,11-12H2,1H3;2-3,6,8,14-15,31H,1,4-5,7H2,(H,27,32);5-9,11H,3-4,10H2,1-2H3;1H4/t14-,16-,17+;8-,14-,15+;;/m00../s1. The number of hydrogen-bond donors (Lipinski definition) is 2. The second-order valence-electron chi connectivity index (χ2n) is 21.8. The molecule has 482 valence electrons. The number of aromatic hydroxyl groups is 1. The second-order valence-corrected chi connectivity index (χ2v) is 21.8. The lowest BCUT2D eigenvalue weighted by molar-refractivity contribution is -0.0871. The van der Waals surface area contributed by atoms with E-state index in [0.717, 1.165) is 28.5 Å². The number of halogens is 7. The lowest BCUT2D eigenvalue weighted by Gasteiger charge is -2.43. The van der Waals surface area contributed by atoms with Crippen LogP contribution in [0.1, 0.15) is 133 Å². The van der Waals surface area contributed by atoms with Crippen LogP contribution in [-0.2, 0) is 47.1 Å². The van der Waals surface area contributed by atoms with Gasteiger partial charge in [-0.05, 0) is 56.6 Å². The first-order chi connectivity index (χ1) is 42.9. The van der Waals surface area contributed by atoms with Gasteiger partial charge in [-0.3, -0.25) is 28.8 Å². The van der Waals surface area contributed by atoms with Crippen molar-refractivity contribution in [2.45, 2.75) is 123 Å². The van der Waals surface area contributed by atoms with Gasteiger partial charge in [0.05, 0.1) is 44.0 Å². The number of nitrogens with zero attached hydrogens (tertiary/aromatic N) is 4. The van der Waals surface area contributed by atoms with E-state index in [1.54, 1.807) is 57.2 Å². The average molecular weight is 1280 g/mol. The van der Waals surface area contributed by atoms with Gasteiger partial charge in [-0.2, -0.15) is 0 Å². The fourth-order valence-electron chi connectivity index (χ4n) is 12.3. The van der Waals surface area contributed by atoms with Crippen LogP contribution in [0.25, 0.3) is 0 Å². The van der Waals surface area contributed by atoms with Crippen LogP contribution in [0, 0.1) is 29.3 Å². The number of hydrogen-bond acceptors (Lipinski definition) is 16. The molecule has 6 aromatic rings. The Morgan fingerprint density at radius 3 is 1.58 bits per heavy atom. The van der Waals surface area contributed by atoms with Gasteiger partial charge in [0.1, 0.15) is 53.6 Å². The van der Waals surface area contributed by atoms with Crippen molar-refractivity contribution in [2.24, 2.45) is 11.8 Å². The Morgan fingerprint density at radius 2 is 1.07 bits per heavy atom. The number of carbonyl (C=O) groups is 6. The summed E-state index contributed by atoms with van der Waals surface area (Å²) in [6.45, 7) is 4.61. The molecule has 12 rings (SSSR count). The molecule has 2 aliphatic carbocycles. The second kappa shape index (κ2) is 26.4. The molecule has 3 amide bonds. The predicted octanol–water partition coefficient (Wildman–Crippen LogP) is 8.22. The third-order valence-electron chi connectivity index (χ3n) is 16.3. The molecule has 21 nitrogen and oxygen atoms in total. The van der Waals surface area contributed by atoms with Crippen molar-refractivity contribution < 1.29 is 92.7 Å². The van der Waals surface area contributed by atoms with E-state index >= 15 is 0 Å². The van der Waals surface area contributed by atoms with E-state index in [1.807, 2.05) is 24.3 Å². The van der Waals surface area contributed by atoms with Crippen molar-refractivity contribution in [3.63, 3.8) is 0 Å². The van der Waals surface area contributed by atoms with E-state index < -0.39 is 146 Å². The molecule has 2 N–H and O–H groups in total. The van der Waals surface area contributed by atoms with Crippen LogP contribution in [0.15, 0.2) is 110 Å². The summed E-state index contributed by atoms with van der Waals surface area (Å²) in [5.74, 6) is -17.8. The van der Waals surface area contributed by atoms with Gasteiger partial charge in [0.15, 0.2) is 22.9 Å². The van der Waals surface area contributed by atoms with Crippen LogP contribution in [0.4, 0.5) is 30.7 Å². The van der Waals surface area contributed by atoms with Gasteiger partial charge in [-0.1, -0.05) is 68.1 Å². The molecule has 6 atom stereocenters. The molecular weight excluding hydrogens is 1220 g/mol. The first kappa shape index (κ1) is 65.7. The number of benzene rings is 3. The molecule has 0 unspecified atom stereocenters.